The van der Waals surface area contributed by atoms with Gasteiger partial charge in [0.05, 0.1) is 30.9 Å². The van der Waals surface area contributed by atoms with E-state index in [9.17, 15) is 13.2 Å². The number of carbonyl (C=O) groups excluding carboxylic acids is 1. The Labute approximate surface area is 187 Å². The highest BCUT2D eigenvalue weighted by molar-refractivity contribution is 7.89. The molecular formula is C20H29N5O6S. The highest BCUT2D eigenvalue weighted by Crippen LogP contribution is 2.17. The maximum atomic E-state index is 12.7. The van der Waals surface area contributed by atoms with Gasteiger partial charge in [-0.15, -0.1) is 5.10 Å². The van der Waals surface area contributed by atoms with Crippen molar-refractivity contribution in [3.8, 4) is 0 Å². The van der Waals surface area contributed by atoms with E-state index in [0.717, 1.165) is 5.56 Å². The molecule has 2 heterocycles. The van der Waals surface area contributed by atoms with E-state index in [1.807, 2.05) is 13.8 Å². The number of nitrogens with zero attached hydrogens (tertiary/aromatic N) is 4. The summed E-state index contributed by atoms with van der Waals surface area (Å²) in [6, 6.07) is 6.45. The molecule has 0 aliphatic carbocycles. The Morgan fingerprint density at radius 3 is 2.44 bits per heavy atom. The molecule has 11 nitrogen and oxygen atoms in total. The minimum Gasteiger partial charge on any atom is -0.379 e. The first-order valence-electron chi connectivity index (χ1n) is 10.5. The third kappa shape index (κ3) is 6.33. The molecular weight excluding hydrogens is 438 g/mol. The van der Waals surface area contributed by atoms with Crippen LogP contribution in [0, 0.1) is 0 Å². The fourth-order valence-corrected chi connectivity index (χ4v) is 4.57. The highest BCUT2D eigenvalue weighted by Gasteiger charge is 2.26. The number of hydrogen-bond acceptors (Lipinski definition) is 8. The van der Waals surface area contributed by atoms with E-state index in [2.05, 4.69) is 15.6 Å². The van der Waals surface area contributed by atoms with Crippen LogP contribution >= 0.6 is 0 Å². The zero-order valence-corrected chi connectivity index (χ0v) is 19.1. The predicted octanol–water partition coefficient (Wildman–Crippen LogP) is 0.628. The fourth-order valence-electron chi connectivity index (χ4n) is 3.16. The maximum absolute atomic E-state index is 12.7. The second kappa shape index (κ2) is 11.5. The normalized spacial score (nSPS) is 15.2. The zero-order valence-electron chi connectivity index (χ0n) is 18.3. The van der Waals surface area contributed by atoms with Crippen molar-refractivity contribution in [1.82, 2.24) is 24.6 Å². The van der Waals surface area contributed by atoms with Crippen molar-refractivity contribution in [2.45, 2.75) is 38.1 Å². The van der Waals surface area contributed by atoms with Gasteiger partial charge in [-0.2, -0.15) is 4.31 Å². The molecule has 12 heteroatoms. The van der Waals surface area contributed by atoms with E-state index in [1.54, 1.807) is 24.3 Å². The number of carbonyl (C=O) groups is 1. The molecule has 1 aromatic carbocycles. The number of aromatic nitrogens is 3. The molecule has 32 heavy (non-hydrogen) atoms. The molecule has 176 valence electrons. The van der Waals surface area contributed by atoms with Crippen LogP contribution in [-0.4, -0.2) is 79.4 Å². The molecule has 0 spiro atoms. The minimum absolute atomic E-state index is 0.170. The molecule has 0 saturated carbocycles. The number of rotatable bonds is 11. The standard InChI is InChI=1S/C20H29N5O6S/c1-3-30-19(31-4-2)15-24-14-18(22-23-24)20(26)21-13-16-5-7-17(8-6-16)32(27,28)25-9-11-29-12-10-25/h5-8,14,19H,3-4,9-13,15H2,1-2H3,(H,21,26). The lowest BCUT2D eigenvalue weighted by Crippen LogP contribution is -2.40. The summed E-state index contributed by atoms with van der Waals surface area (Å²) < 4.78 is 44.4. The first-order valence-corrected chi connectivity index (χ1v) is 12.0. The van der Waals surface area contributed by atoms with E-state index >= 15 is 0 Å². The maximum Gasteiger partial charge on any atom is 0.273 e. The highest BCUT2D eigenvalue weighted by atomic mass is 32.2. The Balaban J connectivity index is 1.54. The Kier molecular flexibility index (Phi) is 8.70. The molecule has 0 radical (unpaired) electrons. The monoisotopic (exact) mass is 467 g/mol. The SMILES string of the molecule is CCOC(Cn1cc(C(=O)NCc2ccc(S(=O)(=O)N3CCOCC3)cc2)nn1)OCC. The van der Waals surface area contributed by atoms with Crippen molar-refractivity contribution in [3.63, 3.8) is 0 Å². The van der Waals surface area contributed by atoms with Crippen LogP contribution in [0.3, 0.4) is 0 Å². The van der Waals surface area contributed by atoms with Crippen LogP contribution in [0.25, 0.3) is 0 Å². The van der Waals surface area contributed by atoms with Crippen molar-refractivity contribution in [1.29, 1.82) is 0 Å². The van der Waals surface area contributed by atoms with Gasteiger partial charge in [0.25, 0.3) is 5.91 Å². The van der Waals surface area contributed by atoms with E-state index in [0.29, 0.717) is 46.1 Å². The van der Waals surface area contributed by atoms with E-state index < -0.39 is 16.3 Å². The molecule has 2 aromatic rings. The largest absolute Gasteiger partial charge is 0.379 e. The smallest absolute Gasteiger partial charge is 0.273 e. The van der Waals surface area contributed by atoms with Crippen LogP contribution < -0.4 is 5.32 Å². The Bertz CT molecular complexity index is 967. The number of benzene rings is 1. The first-order chi connectivity index (χ1) is 15.4. The van der Waals surface area contributed by atoms with Crippen LogP contribution in [-0.2, 0) is 37.3 Å². The number of morpholine rings is 1. The van der Waals surface area contributed by atoms with Crippen molar-refractivity contribution in [2.24, 2.45) is 0 Å². The number of amides is 1. The molecule has 0 unspecified atom stereocenters. The van der Waals surface area contributed by atoms with Gasteiger partial charge in [-0.1, -0.05) is 17.3 Å². The molecule has 1 amide bonds. The number of sulfonamides is 1. The average Bonchev–Trinajstić information content (AvgIpc) is 3.27. The Hall–Kier alpha value is -2.38. The van der Waals surface area contributed by atoms with Crippen LogP contribution in [0.4, 0.5) is 0 Å². The number of ether oxygens (including phenoxy) is 3. The van der Waals surface area contributed by atoms with Crippen LogP contribution in [0.15, 0.2) is 35.4 Å². The van der Waals surface area contributed by atoms with Gasteiger partial charge in [0.15, 0.2) is 12.0 Å². The van der Waals surface area contributed by atoms with Gasteiger partial charge in [0, 0.05) is 32.8 Å². The molecule has 1 aliphatic rings. The summed E-state index contributed by atoms with van der Waals surface area (Å²) in [5.74, 6) is -0.384. The van der Waals surface area contributed by atoms with Gasteiger partial charge in [-0.3, -0.25) is 4.79 Å². The molecule has 1 fully saturated rings. The lowest BCUT2D eigenvalue weighted by Gasteiger charge is -2.26. The molecule has 1 saturated heterocycles. The van der Waals surface area contributed by atoms with E-state index in [4.69, 9.17) is 14.2 Å². The summed E-state index contributed by atoms with van der Waals surface area (Å²) in [4.78, 5) is 12.6. The van der Waals surface area contributed by atoms with Crippen molar-refractivity contribution in [2.75, 3.05) is 39.5 Å². The molecule has 0 atom stereocenters. The zero-order chi connectivity index (χ0) is 23.0. The molecule has 1 aromatic heterocycles. The lowest BCUT2D eigenvalue weighted by molar-refractivity contribution is -0.145. The number of hydrogen-bond donors (Lipinski definition) is 1. The lowest BCUT2D eigenvalue weighted by atomic mass is 10.2. The van der Waals surface area contributed by atoms with Gasteiger partial charge in [0.2, 0.25) is 10.0 Å². The van der Waals surface area contributed by atoms with Crippen LogP contribution in [0.5, 0.6) is 0 Å². The van der Waals surface area contributed by atoms with Gasteiger partial charge < -0.3 is 19.5 Å². The van der Waals surface area contributed by atoms with Crippen LogP contribution in [0.1, 0.15) is 29.9 Å². The van der Waals surface area contributed by atoms with Gasteiger partial charge in [-0.05, 0) is 31.5 Å². The quantitative estimate of drug-likeness (QED) is 0.477. The third-order valence-corrected chi connectivity index (χ3v) is 6.71. The van der Waals surface area contributed by atoms with Crippen molar-refractivity contribution >= 4 is 15.9 Å². The minimum atomic E-state index is -3.54. The summed E-state index contributed by atoms with van der Waals surface area (Å²) in [5, 5.41) is 10.6. The molecule has 1 aliphatic heterocycles. The predicted molar refractivity (Wildman–Crippen MR) is 114 cm³/mol. The van der Waals surface area contributed by atoms with Crippen molar-refractivity contribution < 1.29 is 27.4 Å². The third-order valence-electron chi connectivity index (χ3n) is 4.80. The summed E-state index contributed by atoms with van der Waals surface area (Å²) >= 11 is 0. The van der Waals surface area contributed by atoms with E-state index in [1.165, 1.54) is 15.2 Å². The first kappa shape index (κ1) is 24.3. The Morgan fingerprint density at radius 2 is 1.81 bits per heavy atom. The summed E-state index contributed by atoms with van der Waals surface area (Å²) in [5.41, 5.74) is 0.933. The molecule has 0 bridgehead atoms. The van der Waals surface area contributed by atoms with Crippen molar-refractivity contribution in [3.05, 3.63) is 41.7 Å². The second-order valence-electron chi connectivity index (χ2n) is 7.01. The fraction of sp³-hybridized carbons (Fsp3) is 0.550. The topological polar surface area (TPSA) is 125 Å². The molecule has 1 N–H and O–H groups in total. The molecule has 3 rings (SSSR count). The van der Waals surface area contributed by atoms with Gasteiger partial charge in [-0.25, -0.2) is 13.1 Å². The summed E-state index contributed by atoms with van der Waals surface area (Å²) in [7, 11) is -3.54. The summed E-state index contributed by atoms with van der Waals surface area (Å²) in [6.45, 7) is 6.77. The average molecular weight is 468 g/mol. The van der Waals surface area contributed by atoms with Crippen LogP contribution in [0.2, 0.25) is 0 Å². The van der Waals surface area contributed by atoms with Gasteiger partial charge >= 0.3 is 0 Å². The number of nitrogens with one attached hydrogen (secondary N) is 1. The Morgan fingerprint density at radius 1 is 1.16 bits per heavy atom. The second-order valence-corrected chi connectivity index (χ2v) is 8.95. The summed E-state index contributed by atoms with van der Waals surface area (Å²) in [6.07, 6.45) is 1.06. The van der Waals surface area contributed by atoms with E-state index in [-0.39, 0.29) is 23.0 Å². The van der Waals surface area contributed by atoms with Gasteiger partial charge in [0.1, 0.15) is 0 Å².